The summed E-state index contributed by atoms with van der Waals surface area (Å²) in [4.78, 5) is 11.6. The van der Waals surface area contributed by atoms with E-state index in [0.29, 0.717) is 5.56 Å². The largest absolute Gasteiger partial charge is 0.467 e. The highest BCUT2D eigenvalue weighted by Gasteiger charge is 2.13. The SMILES string of the molecule is CC(NC(=O)c1cn[nH]c1)c1ccco1. The smallest absolute Gasteiger partial charge is 0.255 e. The molecule has 5 nitrogen and oxygen atoms in total. The Labute approximate surface area is 86.5 Å². The van der Waals surface area contributed by atoms with Crippen molar-refractivity contribution in [3.05, 3.63) is 42.1 Å². The number of aromatic nitrogens is 2. The molecule has 1 atom stereocenters. The average molecular weight is 205 g/mol. The van der Waals surface area contributed by atoms with Crippen molar-refractivity contribution in [3.8, 4) is 0 Å². The van der Waals surface area contributed by atoms with Crippen LogP contribution in [0.3, 0.4) is 0 Å². The lowest BCUT2D eigenvalue weighted by atomic mass is 10.2. The fourth-order valence-corrected chi connectivity index (χ4v) is 1.26. The topological polar surface area (TPSA) is 70.9 Å². The first-order valence-electron chi connectivity index (χ1n) is 4.60. The molecule has 2 heterocycles. The molecule has 2 rings (SSSR count). The molecule has 2 N–H and O–H groups in total. The van der Waals surface area contributed by atoms with Gasteiger partial charge in [0.2, 0.25) is 0 Å². The van der Waals surface area contributed by atoms with Gasteiger partial charge in [0.05, 0.1) is 24.1 Å². The molecule has 0 spiro atoms. The van der Waals surface area contributed by atoms with Crippen molar-refractivity contribution in [2.45, 2.75) is 13.0 Å². The van der Waals surface area contributed by atoms with Crippen molar-refractivity contribution >= 4 is 5.91 Å². The van der Waals surface area contributed by atoms with Crippen molar-refractivity contribution in [1.82, 2.24) is 15.5 Å². The molecule has 5 heteroatoms. The van der Waals surface area contributed by atoms with Crippen molar-refractivity contribution < 1.29 is 9.21 Å². The Morgan fingerprint density at radius 1 is 1.67 bits per heavy atom. The predicted molar refractivity (Wildman–Crippen MR) is 53.2 cm³/mol. The summed E-state index contributed by atoms with van der Waals surface area (Å²) in [5.41, 5.74) is 0.508. The number of H-pyrrole nitrogens is 1. The maximum Gasteiger partial charge on any atom is 0.255 e. The number of furan rings is 1. The Balaban J connectivity index is 2.01. The van der Waals surface area contributed by atoms with E-state index >= 15 is 0 Å². The van der Waals surface area contributed by atoms with E-state index in [1.54, 1.807) is 18.5 Å². The summed E-state index contributed by atoms with van der Waals surface area (Å²) in [7, 11) is 0. The second kappa shape index (κ2) is 4.00. The van der Waals surface area contributed by atoms with Crippen LogP contribution in [-0.2, 0) is 0 Å². The van der Waals surface area contributed by atoms with Gasteiger partial charge in [0, 0.05) is 6.20 Å². The van der Waals surface area contributed by atoms with Crippen molar-refractivity contribution in [3.63, 3.8) is 0 Å². The van der Waals surface area contributed by atoms with Crippen LogP contribution in [-0.4, -0.2) is 16.1 Å². The number of hydrogen-bond donors (Lipinski definition) is 2. The number of aromatic amines is 1. The molecule has 0 bridgehead atoms. The molecule has 1 unspecified atom stereocenters. The summed E-state index contributed by atoms with van der Waals surface area (Å²) < 4.78 is 5.18. The van der Waals surface area contributed by atoms with Crippen molar-refractivity contribution in [2.24, 2.45) is 0 Å². The maximum absolute atomic E-state index is 11.6. The van der Waals surface area contributed by atoms with Crippen LogP contribution in [0.1, 0.15) is 29.1 Å². The van der Waals surface area contributed by atoms with Crippen molar-refractivity contribution in [2.75, 3.05) is 0 Å². The minimum Gasteiger partial charge on any atom is -0.467 e. The van der Waals surface area contributed by atoms with Gasteiger partial charge in [0.25, 0.3) is 5.91 Å². The van der Waals surface area contributed by atoms with Crippen LogP contribution < -0.4 is 5.32 Å². The molecule has 0 aliphatic carbocycles. The molecule has 0 aromatic carbocycles. The van der Waals surface area contributed by atoms with Crippen molar-refractivity contribution in [1.29, 1.82) is 0 Å². The van der Waals surface area contributed by atoms with E-state index < -0.39 is 0 Å². The summed E-state index contributed by atoms with van der Waals surface area (Å²) in [6.07, 6.45) is 4.60. The van der Waals surface area contributed by atoms with Gasteiger partial charge in [0.15, 0.2) is 0 Å². The standard InChI is InChI=1S/C10H11N3O2/c1-7(9-3-2-4-15-9)13-10(14)8-5-11-12-6-8/h2-7H,1H3,(H,11,12)(H,13,14). The number of amides is 1. The van der Waals surface area contributed by atoms with Gasteiger partial charge in [-0.05, 0) is 19.1 Å². The van der Waals surface area contributed by atoms with E-state index in [0.717, 1.165) is 5.76 Å². The first-order valence-corrected chi connectivity index (χ1v) is 4.60. The summed E-state index contributed by atoms with van der Waals surface area (Å²) in [6, 6.07) is 3.46. The van der Waals surface area contributed by atoms with Crippen LogP contribution in [0.15, 0.2) is 35.2 Å². The molecule has 0 saturated carbocycles. The van der Waals surface area contributed by atoms with E-state index in [-0.39, 0.29) is 11.9 Å². The summed E-state index contributed by atoms with van der Waals surface area (Å²) in [6.45, 7) is 1.86. The highest BCUT2D eigenvalue weighted by molar-refractivity contribution is 5.93. The normalized spacial score (nSPS) is 12.3. The van der Waals surface area contributed by atoms with Gasteiger partial charge in [-0.25, -0.2) is 0 Å². The van der Waals surface area contributed by atoms with E-state index in [2.05, 4.69) is 15.5 Å². The summed E-state index contributed by atoms with van der Waals surface area (Å²) in [5, 5.41) is 9.08. The van der Waals surface area contributed by atoms with Gasteiger partial charge < -0.3 is 9.73 Å². The van der Waals surface area contributed by atoms with Gasteiger partial charge in [-0.3, -0.25) is 9.89 Å². The number of carbonyl (C=O) groups excluding carboxylic acids is 1. The minimum atomic E-state index is -0.173. The van der Waals surface area contributed by atoms with E-state index in [4.69, 9.17) is 4.42 Å². The van der Waals surface area contributed by atoms with Crippen LogP contribution in [0.4, 0.5) is 0 Å². The Hall–Kier alpha value is -2.04. The van der Waals surface area contributed by atoms with Crippen LogP contribution in [0.5, 0.6) is 0 Å². The van der Waals surface area contributed by atoms with Crippen LogP contribution in [0.25, 0.3) is 0 Å². The van der Waals surface area contributed by atoms with Gasteiger partial charge in [-0.1, -0.05) is 0 Å². The summed E-state index contributed by atoms with van der Waals surface area (Å²) in [5.74, 6) is 0.555. The Bertz CT molecular complexity index is 419. The molecule has 78 valence electrons. The van der Waals surface area contributed by atoms with Crippen LogP contribution >= 0.6 is 0 Å². The molecular weight excluding hydrogens is 194 g/mol. The number of carbonyl (C=O) groups is 1. The molecule has 0 aliphatic heterocycles. The average Bonchev–Trinajstić information content (AvgIpc) is 2.91. The molecule has 2 aromatic heterocycles. The molecule has 0 radical (unpaired) electrons. The third-order valence-corrected chi connectivity index (χ3v) is 2.08. The fourth-order valence-electron chi connectivity index (χ4n) is 1.26. The Morgan fingerprint density at radius 3 is 3.13 bits per heavy atom. The lowest BCUT2D eigenvalue weighted by molar-refractivity contribution is 0.0935. The lowest BCUT2D eigenvalue weighted by Gasteiger charge is -2.09. The number of nitrogens with one attached hydrogen (secondary N) is 2. The third-order valence-electron chi connectivity index (χ3n) is 2.08. The van der Waals surface area contributed by atoms with E-state index in [9.17, 15) is 4.79 Å². The maximum atomic E-state index is 11.6. The lowest BCUT2D eigenvalue weighted by Crippen LogP contribution is -2.25. The Kier molecular flexibility index (Phi) is 2.53. The highest BCUT2D eigenvalue weighted by atomic mass is 16.3. The van der Waals surface area contributed by atoms with E-state index in [1.165, 1.54) is 6.20 Å². The second-order valence-corrected chi connectivity index (χ2v) is 3.20. The fraction of sp³-hybridized carbons (Fsp3) is 0.200. The van der Waals surface area contributed by atoms with Crippen LogP contribution in [0.2, 0.25) is 0 Å². The number of rotatable bonds is 3. The molecule has 15 heavy (non-hydrogen) atoms. The van der Waals surface area contributed by atoms with Gasteiger partial charge >= 0.3 is 0 Å². The van der Waals surface area contributed by atoms with Crippen LogP contribution in [0, 0.1) is 0 Å². The Morgan fingerprint density at radius 2 is 2.53 bits per heavy atom. The van der Waals surface area contributed by atoms with Gasteiger partial charge in [-0.15, -0.1) is 0 Å². The number of hydrogen-bond acceptors (Lipinski definition) is 3. The highest BCUT2D eigenvalue weighted by Crippen LogP contribution is 2.12. The monoisotopic (exact) mass is 205 g/mol. The molecular formula is C10H11N3O2. The zero-order chi connectivity index (χ0) is 10.7. The molecule has 0 aliphatic rings. The first kappa shape index (κ1) is 9.51. The van der Waals surface area contributed by atoms with Gasteiger partial charge in [0.1, 0.15) is 5.76 Å². The third kappa shape index (κ3) is 2.07. The molecule has 0 saturated heterocycles. The van der Waals surface area contributed by atoms with Gasteiger partial charge in [-0.2, -0.15) is 5.10 Å². The summed E-state index contributed by atoms with van der Waals surface area (Å²) >= 11 is 0. The first-order chi connectivity index (χ1) is 7.27. The van der Waals surface area contributed by atoms with E-state index in [1.807, 2.05) is 13.0 Å². The minimum absolute atomic E-state index is 0.151. The molecule has 1 amide bonds. The zero-order valence-corrected chi connectivity index (χ0v) is 8.23. The molecule has 0 fully saturated rings. The number of nitrogens with zero attached hydrogens (tertiary/aromatic N) is 1. The molecule has 2 aromatic rings. The quantitative estimate of drug-likeness (QED) is 0.797. The second-order valence-electron chi connectivity index (χ2n) is 3.20. The zero-order valence-electron chi connectivity index (χ0n) is 8.23. The predicted octanol–water partition coefficient (Wildman–Crippen LogP) is 1.49.